The zero-order chi connectivity index (χ0) is 24.9. The van der Waals surface area contributed by atoms with Crippen LogP contribution >= 0.6 is 28.1 Å². The molecule has 0 atom stereocenters. The first kappa shape index (κ1) is 22.2. The van der Waals surface area contributed by atoms with E-state index in [0.29, 0.717) is 5.11 Å². The molecule has 0 spiro atoms. The van der Waals surface area contributed by atoms with E-state index in [1.165, 1.54) is 32.5 Å². The standard InChI is InChI=1S/C31H21BrN4S/c32-18-10-13-28-25(14-18)27(17-33-28)29-16-26-24-15-20(35-31(37)34-19-6-2-1-3-7-19)11-12-22(24)21-8-4-5-9-23(21)30(26)36-29/h1-15,17,33H,16H2,(H2,34,35,37). The number of halogens is 1. The van der Waals surface area contributed by atoms with Crippen LogP contribution in [0.4, 0.5) is 17.1 Å². The Morgan fingerprint density at radius 3 is 2.38 bits per heavy atom. The van der Waals surface area contributed by atoms with Crippen molar-refractivity contribution in [1.82, 2.24) is 4.98 Å². The maximum atomic E-state index is 5.59. The molecule has 2 heterocycles. The lowest BCUT2D eigenvalue weighted by molar-refractivity contribution is 1.42. The molecule has 0 unspecified atom stereocenters. The number of aromatic nitrogens is 1. The Bertz CT molecular complexity index is 1890. The van der Waals surface area contributed by atoms with Crippen molar-refractivity contribution < 1.29 is 0 Å². The number of para-hydroxylation sites is 1. The first-order valence-corrected chi connectivity index (χ1v) is 13.3. The van der Waals surface area contributed by atoms with Crippen molar-refractivity contribution in [1.29, 1.82) is 0 Å². The van der Waals surface area contributed by atoms with Gasteiger partial charge in [0.05, 0.1) is 11.4 Å². The van der Waals surface area contributed by atoms with Gasteiger partial charge in [0.25, 0.3) is 0 Å². The van der Waals surface area contributed by atoms with Crippen LogP contribution in [0.3, 0.4) is 0 Å². The lowest BCUT2D eigenvalue weighted by Crippen LogP contribution is -2.18. The van der Waals surface area contributed by atoms with Gasteiger partial charge in [-0.05, 0) is 76.4 Å². The predicted octanol–water partition coefficient (Wildman–Crippen LogP) is 8.72. The number of hydrogen-bond donors (Lipinski definition) is 3. The fourth-order valence-corrected chi connectivity index (χ4v) is 5.87. The molecule has 1 aromatic heterocycles. The van der Waals surface area contributed by atoms with Crippen LogP contribution in [0.2, 0.25) is 0 Å². The molecule has 37 heavy (non-hydrogen) atoms. The highest BCUT2D eigenvalue weighted by molar-refractivity contribution is 9.10. The van der Waals surface area contributed by atoms with Gasteiger partial charge in [0, 0.05) is 50.3 Å². The fourth-order valence-electron chi connectivity index (χ4n) is 5.27. The number of hydrogen-bond acceptors (Lipinski definition) is 2. The molecule has 6 heteroatoms. The predicted molar refractivity (Wildman–Crippen MR) is 164 cm³/mol. The molecule has 0 bridgehead atoms. The van der Waals surface area contributed by atoms with Crippen molar-refractivity contribution in [2.24, 2.45) is 4.99 Å². The van der Waals surface area contributed by atoms with Crippen LogP contribution < -0.4 is 10.6 Å². The maximum absolute atomic E-state index is 5.59. The summed E-state index contributed by atoms with van der Waals surface area (Å²) in [6.45, 7) is 0. The van der Waals surface area contributed by atoms with Crippen molar-refractivity contribution in [3.8, 4) is 0 Å². The van der Waals surface area contributed by atoms with Gasteiger partial charge in [0.2, 0.25) is 0 Å². The third-order valence-electron chi connectivity index (χ3n) is 6.94. The van der Waals surface area contributed by atoms with Gasteiger partial charge < -0.3 is 15.6 Å². The van der Waals surface area contributed by atoms with Crippen molar-refractivity contribution in [2.45, 2.75) is 6.42 Å². The topological polar surface area (TPSA) is 52.2 Å². The third-order valence-corrected chi connectivity index (χ3v) is 7.64. The zero-order valence-corrected chi connectivity index (χ0v) is 22.1. The summed E-state index contributed by atoms with van der Waals surface area (Å²) in [5.41, 5.74) is 7.54. The molecule has 0 fully saturated rings. The molecular formula is C31H21BrN4S. The number of rotatable bonds is 3. The van der Waals surface area contributed by atoms with Gasteiger partial charge in [-0.3, -0.25) is 4.99 Å². The van der Waals surface area contributed by atoms with Gasteiger partial charge in [0.15, 0.2) is 5.11 Å². The van der Waals surface area contributed by atoms with E-state index in [0.717, 1.165) is 44.7 Å². The van der Waals surface area contributed by atoms with E-state index in [9.17, 15) is 0 Å². The van der Waals surface area contributed by atoms with E-state index in [4.69, 9.17) is 17.2 Å². The Morgan fingerprint density at radius 1 is 0.757 bits per heavy atom. The molecule has 178 valence electrons. The Balaban J connectivity index is 1.32. The van der Waals surface area contributed by atoms with E-state index in [1.54, 1.807) is 0 Å². The Labute approximate surface area is 227 Å². The minimum atomic E-state index is 0.560. The molecule has 0 amide bonds. The quantitative estimate of drug-likeness (QED) is 0.150. The maximum Gasteiger partial charge on any atom is 0.175 e. The number of benzene rings is 5. The van der Waals surface area contributed by atoms with Crippen LogP contribution in [0.25, 0.3) is 32.4 Å². The van der Waals surface area contributed by atoms with Gasteiger partial charge in [-0.15, -0.1) is 0 Å². The Kier molecular flexibility index (Phi) is 5.30. The number of fused-ring (bicyclic) bond motifs is 7. The summed E-state index contributed by atoms with van der Waals surface area (Å²) in [6, 6.07) is 31.3. The van der Waals surface area contributed by atoms with E-state index in [1.807, 2.05) is 30.3 Å². The minimum absolute atomic E-state index is 0.560. The first-order valence-electron chi connectivity index (χ1n) is 12.1. The van der Waals surface area contributed by atoms with Crippen LogP contribution in [-0.4, -0.2) is 15.8 Å². The Hall–Kier alpha value is -4.00. The highest BCUT2D eigenvalue weighted by atomic mass is 79.9. The van der Waals surface area contributed by atoms with Crippen LogP contribution in [0.5, 0.6) is 0 Å². The Morgan fingerprint density at radius 2 is 1.51 bits per heavy atom. The van der Waals surface area contributed by atoms with Crippen molar-refractivity contribution in [2.75, 3.05) is 10.6 Å². The number of nitrogens with zero attached hydrogens (tertiary/aromatic N) is 1. The molecule has 0 saturated heterocycles. The minimum Gasteiger partial charge on any atom is -0.360 e. The van der Waals surface area contributed by atoms with Crippen molar-refractivity contribution in [3.63, 3.8) is 0 Å². The average molecular weight is 562 g/mol. The summed E-state index contributed by atoms with van der Waals surface area (Å²) >= 11 is 9.22. The van der Waals surface area contributed by atoms with E-state index >= 15 is 0 Å². The van der Waals surface area contributed by atoms with Gasteiger partial charge in [-0.1, -0.05) is 64.5 Å². The number of H-pyrrole nitrogens is 1. The number of thiocarbonyl (C=S) groups is 1. The fraction of sp³-hybridized carbons (Fsp3) is 0.0323. The van der Waals surface area contributed by atoms with E-state index in [-0.39, 0.29) is 0 Å². The van der Waals surface area contributed by atoms with Gasteiger partial charge in [-0.25, -0.2) is 0 Å². The summed E-state index contributed by atoms with van der Waals surface area (Å²) in [7, 11) is 0. The summed E-state index contributed by atoms with van der Waals surface area (Å²) in [4.78, 5) is 8.63. The van der Waals surface area contributed by atoms with E-state index < -0.39 is 0 Å². The second-order valence-electron chi connectivity index (χ2n) is 9.21. The smallest absolute Gasteiger partial charge is 0.175 e. The molecule has 0 saturated carbocycles. The number of anilines is 2. The largest absolute Gasteiger partial charge is 0.360 e. The summed E-state index contributed by atoms with van der Waals surface area (Å²) in [5.74, 6) is 0. The van der Waals surface area contributed by atoms with E-state index in [2.05, 4.69) is 98.4 Å². The lowest BCUT2D eigenvalue weighted by Gasteiger charge is -2.14. The molecule has 6 aromatic rings. The SMILES string of the molecule is S=C(Nc1ccccc1)Nc1ccc2c(c1)c1c(c3ccccc32)N=C(c2c[nH]c3ccc(Br)cc23)C1. The highest BCUT2D eigenvalue weighted by Crippen LogP contribution is 2.43. The average Bonchev–Trinajstić information content (AvgIpc) is 3.54. The zero-order valence-electron chi connectivity index (χ0n) is 19.7. The molecule has 3 N–H and O–H groups in total. The van der Waals surface area contributed by atoms with Gasteiger partial charge >= 0.3 is 0 Å². The monoisotopic (exact) mass is 560 g/mol. The van der Waals surface area contributed by atoms with Gasteiger partial charge in [0.1, 0.15) is 0 Å². The molecular weight excluding hydrogens is 540 g/mol. The second kappa shape index (κ2) is 8.83. The third kappa shape index (κ3) is 3.89. The molecule has 1 aliphatic heterocycles. The molecule has 7 rings (SSSR count). The van der Waals surface area contributed by atoms with Crippen molar-refractivity contribution >= 4 is 88.5 Å². The normalized spacial score (nSPS) is 12.6. The van der Waals surface area contributed by atoms with Crippen LogP contribution in [0, 0.1) is 0 Å². The number of aromatic amines is 1. The molecule has 1 aliphatic rings. The molecule has 5 aromatic carbocycles. The molecule has 0 aliphatic carbocycles. The van der Waals surface area contributed by atoms with Crippen LogP contribution in [0.15, 0.2) is 107 Å². The molecule has 0 radical (unpaired) electrons. The first-order chi connectivity index (χ1) is 18.1. The van der Waals surface area contributed by atoms with Crippen molar-refractivity contribution in [3.05, 3.63) is 113 Å². The highest BCUT2D eigenvalue weighted by Gasteiger charge is 2.24. The number of nitrogens with one attached hydrogen (secondary N) is 3. The summed E-state index contributed by atoms with van der Waals surface area (Å²) < 4.78 is 1.06. The lowest BCUT2D eigenvalue weighted by atomic mass is 9.93. The van der Waals surface area contributed by atoms with Crippen LogP contribution in [0.1, 0.15) is 11.1 Å². The summed E-state index contributed by atoms with van der Waals surface area (Å²) in [5, 5.41) is 13.2. The summed E-state index contributed by atoms with van der Waals surface area (Å²) in [6.07, 6.45) is 2.85. The molecule has 4 nitrogen and oxygen atoms in total. The van der Waals surface area contributed by atoms with Crippen LogP contribution in [-0.2, 0) is 6.42 Å². The number of aliphatic imine (C=N–C) groups is 1. The second-order valence-corrected chi connectivity index (χ2v) is 10.5. The van der Waals surface area contributed by atoms with Gasteiger partial charge in [-0.2, -0.15) is 0 Å².